The van der Waals surface area contributed by atoms with Crippen molar-refractivity contribution in [2.45, 2.75) is 32.1 Å². The number of carbonyl (C=O) groups excluding carboxylic acids is 1. The van der Waals surface area contributed by atoms with E-state index >= 15 is 0 Å². The number of thiazole rings is 1. The van der Waals surface area contributed by atoms with E-state index in [4.69, 9.17) is 0 Å². The lowest BCUT2D eigenvalue weighted by atomic mass is 10.2. The number of carbonyl (C=O) groups is 1. The minimum Gasteiger partial charge on any atom is -0.351 e. The van der Waals surface area contributed by atoms with E-state index < -0.39 is 10.8 Å². The summed E-state index contributed by atoms with van der Waals surface area (Å²) in [7, 11) is -1.22. The van der Waals surface area contributed by atoms with E-state index in [1.807, 2.05) is 35.7 Å². The van der Waals surface area contributed by atoms with Crippen LogP contribution >= 0.6 is 11.3 Å². The fraction of sp³-hybridized carbons (Fsp3) is 0.375. The minimum absolute atomic E-state index is 0.0213. The van der Waals surface area contributed by atoms with Crippen LogP contribution in [0.1, 0.15) is 29.6 Å². The Morgan fingerprint density at radius 2 is 2.09 bits per heavy atom. The van der Waals surface area contributed by atoms with Gasteiger partial charge in [0.05, 0.1) is 16.5 Å². The predicted molar refractivity (Wildman–Crippen MR) is 91.1 cm³/mol. The van der Waals surface area contributed by atoms with Gasteiger partial charge in [-0.05, 0) is 18.4 Å². The van der Waals surface area contributed by atoms with Crippen LogP contribution in [-0.4, -0.2) is 20.9 Å². The Morgan fingerprint density at radius 3 is 2.82 bits per heavy atom. The maximum atomic E-state index is 12.0. The molecule has 22 heavy (non-hydrogen) atoms. The lowest BCUT2D eigenvalue weighted by Gasteiger charge is -2.05. The molecule has 0 aliphatic heterocycles. The average Bonchev–Trinajstić information content (AvgIpc) is 2.93. The summed E-state index contributed by atoms with van der Waals surface area (Å²) in [6.45, 7) is 2.57. The molecular formula is C16H20N2O2S2. The number of nitrogens with zero attached hydrogens (tertiary/aromatic N) is 1. The molecular weight excluding hydrogens is 316 g/mol. The second kappa shape index (κ2) is 8.80. The number of nitrogens with one attached hydrogen (secondary N) is 1. The Morgan fingerprint density at radius 1 is 1.32 bits per heavy atom. The second-order valence-corrected chi connectivity index (χ2v) is 7.37. The zero-order valence-corrected chi connectivity index (χ0v) is 14.2. The molecule has 0 aliphatic carbocycles. The summed E-state index contributed by atoms with van der Waals surface area (Å²) in [6.07, 6.45) is 2.01. The van der Waals surface area contributed by atoms with Gasteiger partial charge in [-0.3, -0.25) is 9.00 Å². The summed E-state index contributed by atoms with van der Waals surface area (Å²) < 4.78 is 12.0. The van der Waals surface area contributed by atoms with E-state index in [9.17, 15) is 9.00 Å². The molecule has 1 aromatic carbocycles. The highest BCUT2D eigenvalue weighted by atomic mass is 32.2. The van der Waals surface area contributed by atoms with Crippen molar-refractivity contribution in [2.24, 2.45) is 0 Å². The maximum Gasteiger partial charge on any atom is 0.232 e. The number of aryl methyl sites for hydroxylation is 1. The number of benzene rings is 1. The maximum absolute atomic E-state index is 12.0. The molecule has 0 fully saturated rings. The van der Waals surface area contributed by atoms with Crippen molar-refractivity contribution in [1.29, 1.82) is 0 Å². The predicted octanol–water partition coefficient (Wildman–Crippen LogP) is 2.66. The highest BCUT2D eigenvalue weighted by Gasteiger charge is 2.11. The zero-order valence-electron chi connectivity index (χ0n) is 12.6. The molecule has 1 heterocycles. The van der Waals surface area contributed by atoms with Gasteiger partial charge in [0.15, 0.2) is 0 Å². The first-order valence-electron chi connectivity index (χ1n) is 7.26. The fourth-order valence-electron chi connectivity index (χ4n) is 1.95. The van der Waals surface area contributed by atoms with Crippen molar-refractivity contribution in [3.05, 3.63) is 52.0 Å². The first-order chi connectivity index (χ1) is 10.7. The molecule has 1 N–H and O–H groups in total. The van der Waals surface area contributed by atoms with Crippen LogP contribution in [0, 0.1) is 0 Å². The van der Waals surface area contributed by atoms with E-state index in [0.29, 0.717) is 12.3 Å². The smallest absolute Gasteiger partial charge is 0.232 e. The molecule has 118 valence electrons. The van der Waals surface area contributed by atoms with Crippen LogP contribution < -0.4 is 5.32 Å². The van der Waals surface area contributed by atoms with Gasteiger partial charge in [-0.2, -0.15) is 0 Å². The van der Waals surface area contributed by atoms with Gasteiger partial charge in [0.2, 0.25) is 5.91 Å². The minimum atomic E-state index is -1.22. The van der Waals surface area contributed by atoms with Crippen molar-refractivity contribution in [3.63, 3.8) is 0 Å². The highest BCUT2D eigenvalue weighted by Crippen LogP contribution is 2.13. The third-order valence-corrected chi connectivity index (χ3v) is 5.16. The standard InChI is InChI=1S/C16H20N2O2S2/c1-2-6-16-18-14(10-21-16)11-22(20)12-15(19)17-9-13-7-4-3-5-8-13/h3-5,7-8,10H,2,6,9,11-12H2,1H3,(H,17,19)/t22-/m1/s1. The number of rotatable bonds is 8. The van der Waals surface area contributed by atoms with Gasteiger partial charge in [0.25, 0.3) is 0 Å². The SMILES string of the molecule is CCCc1nc(C[S@@](=O)CC(=O)NCc2ccccc2)cs1. The average molecular weight is 336 g/mol. The van der Waals surface area contributed by atoms with E-state index in [1.54, 1.807) is 11.3 Å². The molecule has 1 atom stereocenters. The van der Waals surface area contributed by atoms with E-state index in [2.05, 4.69) is 17.2 Å². The Kier molecular flexibility index (Phi) is 6.74. The third-order valence-electron chi connectivity index (χ3n) is 3.00. The van der Waals surface area contributed by atoms with Crippen molar-refractivity contribution in [3.8, 4) is 0 Å². The highest BCUT2D eigenvalue weighted by molar-refractivity contribution is 7.84. The second-order valence-electron chi connectivity index (χ2n) is 4.97. The van der Waals surface area contributed by atoms with Gasteiger partial charge < -0.3 is 5.32 Å². The number of hydrogen-bond acceptors (Lipinski definition) is 4. The molecule has 2 rings (SSSR count). The summed E-state index contributed by atoms with van der Waals surface area (Å²) in [4.78, 5) is 16.2. The monoisotopic (exact) mass is 336 g/mol. The van der Waals surface area contributed by atoms with Gasteiger partial charge in [0.1, 0.15) is 5.75 Å². The van der Waals surface area contributed by atoms with Crippen LogP contribution in [0.3, 0.4) is 0 Å². The van der Waals surface area contributed by atoms with Crippen molar-refractivity contribution < 1.29 is 9.00 Å². The van der Waals surface area contributed by atoms with Gasteiger partial charge in [0, 0.05) is 22.7 Å². The number of aromatic nitrogens is 1. The lowest BCUT2D eigenvalue weighted by Crippen LogP contribution is -2.28. The summed E-state index contributed by atoms with van der Waals surface area (Å²) in [5.74, 6) is 0.179. The first kappa shape index (κ1) is 16.8. The van der Waals surface area contributed by atoms with Gasteiger partial charge in [-0.15, -0.1) is 11.3 Å². The Labute approximate surface area is 137 Å². The molecule has 0 saturated heterocycles. The van der Waals surface area contributed by atoms with Crippen LogP contribution in [0.2, 0.25) is 0 Å². The van der Waals surface area contributed by atoms with E-state index in [0.717, 1.165) is 29.1 Å². The Bertz CT molecular complexity index is 626. The van der Waals surface area contributed by atoms with Crippen LogP contribution in [0.5, 0.6) is 0 Å². The Balaban J connectivity index is 1.75. The molecule has 0 radical (unpaired) electrons. The topological polar surface area (TPSA) is 59.1 Å². The van der Waals surface area contributed by atoms with Gasteiger partial charge in [-0.1, -0.05) is 37.3 Å². The molecule has 1 amide bonds. The van der Waals surface area contributed by atoms with Crippen LogP contribution in [0.25, 0.3) is 0 Å². The van der Waals surface area contributed by atoms with Crippen molar-refractivity contribution in [2.75, 3.05) is 5.75 Å². The van der Waals surface area contributed by atoms with Crippen LogP contribution in [-0.2, 0) is 34.3 Å². The fourth-order valence-corrected chi connectivity index (χ4v) is 3.93. The lowest BCUT2D eigenvalue weighted by molar-refractivity contribution is -0.118. The summed E-state index contributed by atoms with van der Waals surface area (Å²) in [6, 6.07) is 9.68. The number of hydrogen-bond donors (Lipinski definition) is 1. The molecule has 0 bridgehead atoms. The molecule has 0 aliphatic rings. The van der Waals surface area contributed by atoms with Crippen molar-refractivity contribution in [1.82, 2.24) is 10.3 Å². The normalized spacial score (nSPS) is 12.0. The summed E-state index contributed by atoms with van der Waals surface area (Å²) in [5, 5.41) is 5.80. The molecule has 0 unspecified atom stereocenters. The van der Waals surface area contributed by atoms with E-state index in [-0.39, 0.29) is 11.7 Å². The third kappa shape index (κ3) is 5.69. The van der Waals surface area contributed by atoms with Crippen LogP contribution in [0.4, 0.5) is 0 Å². The van der Waals surface area contributed by atoms with E-state index in [1.165, 1.54) is 0 Å². The van der Waals surface area contributed by atoms with Gasteiger partial charge in [-0.25, -0.2) is 4.98 Å². The molecule has 1 aromatic heterocycles. The molecule has 0 spiro atoms. The van der Waals surface area contributed by atoms with Gasteiger partial charge >= 0.3 is 0 Å². The molecule has 6 heteroatoms. The summed E-state index contributed by atoms with van der Waals surface area (Å²) in [5.41, 5.74) is 1.85. The molecule has 4 nitrogen and oxygen atoms in total. The molecule has 2 aromatic rings. The van der Waals surface area contributed by atoms with Crippen molar-refractivity contribution >= 4 is 28.0 Å². The molecule has 0 saturated carbocycles. The quantitative estimate of drug-likeness (QED) is 0.806. The largest absolute Gasteiger partial charge is 0.351 e. The Hall–Kier alpha value is -1.53. The van der Waals surface area contributed by atoms with Crippen LogP contribution in [0.15, 0.2) is 35.7 Å². The summed E-state index contributed by atoms with van der Waals surface area (Å²) >= 11 is 1.60. The first-order valence-corrected chi connectivity index (χ1v) is 9.63. The number of amides is 1. The zero-order chi connectivity index (χ0) is 15.8.